The van der Waals surface area contributed by atoms with Crippen molar-refractivity contribution in [1.29, 1.82) is 0 Å². The van der Waals surface area contributed by atoms with E-state index in [1.54, 1.807) is 10.6 Å². The Bertz CT molecular complexity index is 1220. The van der Waals surface area contributed by atoms with Crippen LogP contribution >= 0.6 is 0 Å². The third-order valence-electron chi connectivity index (χ3n) is 5.74. The molecule has 1 aliphatic rings. The summed E-state index contributed by atoms with van der Waals surface area (Å²) < 4.78 is 1.70. The van der Waals surface area contributed by atoms with Gasteiger partial charge in [0.15, 0.2) is 0 Å². The summed E-state index contributed by atoms with van der Waals surface area (Å²) in [6.07, 6.45) is 9.75. The zero-order chi connectivity index (χ0) is 19.1. The maximum Gasteiger partial charge on any atom is 0.255 e. The first-order valence-electron chi connectivity index (χ1n) is 9.99. The van der Waals surface area contributed by atoms with Crippen LogP contribution in [0.1, 0.15) is 36.1 Å². The number of nitrogens with zero attached hydrogens (tertiary/aromatic N) is 2. The van der Waals surface area contributed by atoms with Gasteiger partial charge in [-0.15, -0.1) is 0 Å². The molecule has 1 N–H and O–H groups in total. The molecule has 3 aromatic heterocycles. The monoisotopic (exact) mass is 369 g/mol. The predicted octanol–water partition coefficient (Wildman–Crippen LogP) is 4.96. The number of nitrogens with one attached hydrogen (secondary N) is 1. The van der Waals surface area contributed by atoms with E-state index < -0.39 is 0 Å². The largest absolute Gasteiger partial charge is 0.358 e. The second-order valence-corrected chi connectivity index (χ2v) is 7.72. The highest BCUT2D eigenvalue weighted by Crippen LogP contribution is 2.29. The van der Waals surface area contributed by atoms with E-state index in [9.17, 15) is 4.79 Å². The van der Waals surface area contributed by atoms with Crippen LogP contribution in [-0.2, 0) is 12.8 Å². The number of aryl methyl sites for hydroxylation is 3. The van der Waals surface area contributed by atoms with E-state index >= 15 is 0 Å². The van der Waals surface area contributed by atoms with Crippen LogP contribution in [-0.4, -0.2) is 14.5 Å². The van der Waals surface area contributed by atoms with Gasteiger partial charge in [0.2, 0.25) is 0 Å². The number of H-pyrrole nitrogens is 1. The molecular weight excluding hydrogens is 346 g/mol. The Morgan fingerprint density at radius 3 is 2.71 bits per heavy atom. The Hall–Kier alpha value is -3.14. The van der Waals surface area contributed by atoms with Crippen LogP contribution in [0.25, 0.3) is 27.8 Å². The van der Waals surface area contributed by atoms with Crippen LogP contribution < -0.4 is 5.56 Å². The second-order valence-electron chi connectivity index (χ2n) is 7.72. The number of benzene rings is 1. The number of pyridine rings is 2. The van der Waals surface area contributed by atoms with Crippen LogP contribution in [0, 0.1) is 6.92 Å². The maximum absolute atomic E-state index is 12.8. The molecule has 1 aromatic carbocycles. The van der Waals surface area contributed by atoms with Gasteiger partial charge in [0, 0.05) is 40.6 Å². The van der Waals surface area contributed by atoms with E-state index in [4.69, 9.17) is 0 Å². The highest BCUT2D eigenvalue weighted by molar-refractivity contribution is 5.86. The van der Waals surface area contributed by atoms with Crippen LogP contribution in [0.4, 0.5) is 0 Å². The molecule has 0 radical (unpaired) electrons. The molecule has 0 amide bonds. The Morgan fingerprint density at radius 1 is 1.00 bits per heavy atom. The molecule has 4 heteroatoms. The average Bonchev–Trinajstić information content (AvgIpc) is 2.88. The van der Waals surface area contributed by atoms with Crippen LogP contribution in [0.5, 0.6) is 0 Å². The van der Waals surface area contributed by atoms with Gasteiger partial charge in [0.25, 0.3) is 5.56 Å². The Labute approximate surface area is 163 Å². The van der Waals surface area contributed by atoms with Gasteiger partial charge in [-0.05, 0) is 68.0 Å². The topological polar surface area (TPSA) is 50.7 Å². The molecule has 0 saturated carbocycles. The van der Waals surface area contributed by atoms with E-state index in [1.165, 1.54) is 35.9 Å². The van der Waals surface area contributed by atoms with Gasteiger partial charge in [0.05, 0.1) is 11.4 Å². The number of hydrogen-bond donors (Lipinski definition) is 1. The van der Waals surface area contributed by atoms with Crippen molar-refractivity contribution in [2.75, 3.05) is 0 Å². The first kappa shape index (κ1) is 17.0. The third kappa shape index (κ3) is 2.95. The summed E-state index contributed by atoms with van der Waals surface area (Å²) in [5, 5.41) is 1.30. The molecule has 4 nitrogen and oxygen atoms in total. The minimum atomic E-state index is -0.0488. The summed E-state index contributed by atoms with van der Waals surface area (Å²) in [4.78, 5) is 20.8. The van der Waals surface area contributed by atoms with Crippen molar-refractivity contribution in [3.63, 3.8) is 0 Å². The second kappa shape index (κ2) is 6.79. The zero-order valence-electron chi connectivity index (χ0n) is 16.0. The average molecular weight is 369 g/mol. The van der Waals surface area contributed by atoms with Crippen molar-refractivity contribution in [1.82, 2.24) is 14.5 Å². The predicted molar refractivity (Wildman–Crippen MR) is 113 cm³/mol. The van der Waals surface area contributed by atoms with E-state index in [-0.39, 0.29) is 5.56 Å². The lowest BCUT2D eigenvalue weighted by Crippen LogP contribution is -2.16. The molecule has 0 unspecified atom stereocenters. The smallest absolute Gasteiger partial charge is 0.255 e. The highest BCUT2D eigenvalue weighted by Gasteiger charge is 2.15. The highest BCUT2D eigenvalue weighted by atomic mass is 16.1. The number of fused-ring (bicyclic) bond motifs is 3. The SMILES string of the molecule is Cc1ccc(-c2ccn(-c3ccc4c5c([nH]c4c3)CCCCC5)c(=O)c2)nc1. The van der Waals surface area contributed by atoms with E-state index in [0.717, 1.165) is 40.9 Å². The summed E-state index contributed by atoms with van der Waals surface area (Å²) in [6, 6.07) is 13.9. The number of rotatable bonds is 2. The van der Waals surface area contributed by atoms with Crippen molar-refractivity contribution in [2.45, 2.75) is 39.0 Å². The first-order valence-corrected chi connectivity index (χ1v) is 9.99. The van der Waals surface area contributed by atoms with Crippen molar-refractivity contribution in [3.05, 3.63) is 82.0 Å². The molecule has 0 aliphatic heterocycles. The molecule has 28 heavy (non-hydrogen) atoms. The quantitative estimate of drug-likeness (QED) is 0.508. The van der Waals surface area contributed by atoms with Gasteiger partial charge in [-0.1, -0.05) is 18.6 Å². The summed E-state index contributed by atoms with van der Waals surface area (Å²) in [6.45, 7) is 2.01. The Morgan fingerprint density at radius 2 is 1.89 bits per heavy atom. The Balaban J connectivity index is 1.54. The molecule has 1 aliphatic carbocycles. The van der Waals surface area contributed by atoms with Gasteiger partial charge in [-0.25, -0.2) is 0 Å². The lowest BCUT2D eigenvalue weighted by Gasteiger charge is -2.08. The molecule has 0 saturated heterocycles. The lowest BCUT2D eigenvalue weighted by molar-refractivity contribution is 0.708. The summed E-state index contributed by atoms with van der Waals surface area (Å²) in [5.74, 6) is 0. The fourth-order valence-electron chi connectivity index (χ4n) is 4.22. The van der Waals surface area contributed by atoms with Crippen LogP contribution in [0.2, 0.25) is 0 Å². The molecule has 0 bridgehead atoms. The molecule has 140 valence electrons. The number of aromatic amines is 1. The van der Waals surface area contributed by atoms with Gasteiger partial charge >= 0.3 is 0 Å². The van der Waals surface area contributed by atoms with Gasteiger partial charge in [0.1, 0.15) is 0 Å². The summed E-state index contributed by atoms with van der Waals surface area (Å²) in [7, 11) is 0. The minimum absolute atomic E-state index is 0.0488. The van der Waals surface area contributed by atoms with E-state index in [2.05, 4.69) is 22.1 Å². The third-order valence-corrected chi connectivity index (χ3v) is 5.74. The van der Waals surface area contributed by atoms with Crippen LogP contribution in [0.15, 0.2) is 59.7 Å². The molecule has 5 rings (SSSR count). The molecule has 0 atom stereocenters. The van der Waals surface area contributed by atoms with Gasteiger partial charge < -0.3 is 4.98 Å². The Kier molecular flexibility index (Phi) is 4.12. The molecule has 0 fully saturated rings. The van der Waals surface area contributed by atoms with Gasteiger partial charge in [-0.3, -0.25) is 14.3 Å². The van der Waals surface area contributed by atoms with Gasteiger partial charge in [-0.2, -0.15) is 0 Å². The summed E-state index contributed by atoms with van der Waals surface area (Å²) in [5.41, 5.74) is 7.57. The van der Waals surface area contributed by atoms with E-state index in [0.29, 0.717) is 0 Å². The number of aromatic nitrogens is 3. The standard InChI is InChI=1S/C24H23N3O/c1-16-7-10-21(25-15-16)17-11-12-27(24(28)13-17)18-8-9-20-19-5-3-2-4-6-22(19)26-23(20)14-18/h7-15,26H,2-6H2,1H3. The first-order chi connectivity index (χ1) is 13.7. The lowest BCUT2D eigenvalue weighted by atomic mass is 10.1. The van der Waals surface area contributed by atoms with Crippen molar-refractivity contribution in [3.8, 4) is 16.9 Å². The number of hydrogen-bond acceptors (Lipinski definition) is 2. The normalized spacial score (nSPS) is 14.0. The van der Waals surface area contributed by atoms with Crippen molar-refractivity contribution >= 4 is 10.9 Å². The fraction of sp³-hybridized carbons (Fsp3) is 0.250. The summed E-state index contributed by atoms with van der Waals surface area (Å²) >= 11 is 0. The van der Waals surface area contributed by atoms with Crippen molar-refractivity contribution < 1.29 is 0 Å². The van der Waals surface area contributed by atoms with Crippen molar-refractivity contribution in [2.24, 2.45) is 0 Å². The maximum atomic E-state index is 12.8. The molecular formula is C24H23N3O. The molecule has 3 heterocycles. The zero-order valence-corrected chi connectivity index (χ0v) is 16.0. The minimum Gasteiger partial charge on any atom is -0.358 e. The molecule has 4 aromatic rings. The fourth-order valence-corrected chi connectivity index (χ4v) is 4.22. The van der Waals surface area contributed by atoms with E-state index in [1.807, 2.05) is 43.6 Å². The van der Waals surface area contributed by atoms with Crippen LogP contribution in [0.3, 0.4) is 0 Å². The molecule has 0 spiro atoms.